The number of hydrogen-bond donors (Lipinski definition) is 2. The molecular weight excluding hydrogens is 224 g/mol. The summed E-state index contributed by atoms with van der Waals surface area (Å²) in [5, 5.41) is 14.9. The van der Waals surface area contributed by atoms with Gasteiger partial charge >= 0.3 is 0 Å². The minimum absolute atomic E-state index is 0.281. The lowest BCUT2D eigenvalue weighted by Gasteiger charge is -2.09. The summed E-state index contributed by atoms with van der Waals surface area (Å²) in [6.45, 7) is 0. The Morgan fingerprint density at radius 3 is 2.61 bits per heavy atom. The minimum Gasteiger partial charge on any atom is -0.508 e. The van der Waals surface area contributed by atoms with E-state index in [1.807, 2.05) is 36.4 Å². The molecule has 1 aromatic heterocycles. The van der Waals surface area contributed by atoms with Gasteiger partial charge in [0.25, 0.3) is 0 Å². The predicted octanol–water partition coefficient (Wildman–Crippen LogP) is 3.68. The van der Waals surface area contributed by atoms with Crippen molar-refractivity contribution < 1.29 is 5.11 Å². The molecule has 0 spiro atoms. The number of hydrogen-bond acceptors (Lipinski definition) is 3. The van der Waals surface area contributed by atoms with Crippen molar-refractivity contribution in [1.82, 2.24) is 4.98 Å². The molecule has 3 heteroatoms. The zero-order valence-electron chi connectivity index (χ0n) is 9.67. The molecule has 0 aliphatic heterocycles. The summed E-state index contributed by atoms with van der Waals surface area (Å²) in [5.41, 5.74) is 2.00. The summed E-state index contributed by atoms with van der Waals surface area (Å²) in [7, 11) is 0. The normalized spacial score (nSPS) is 10.4. The maximum absolute atomic E-state index is 9.48. The van der Waals surface area contributed by atoms with Crippen molar-refractivity contribution in [1.29, 1.82) is 0 Å². The zero-order chi connectivity index (χ0) is 12.4. The first-order valence-electron chi connectivity index (χ1n) is 5.72. The molecule has 0 atom stereocenters. The number of phenolic OH excluding ortho intramolecular Hbond substituents is 1. The molecule has 0 bridgehead atoms. The molecule has 0 amide bonds. The standard InChI is InChI=1S/C15H12N2O/c18-13-4-5-14-11(10-13)2-1-3-15(14)17-12-6-8-16-9-7-12/h1-10,18H,(H,16,17). The van der Waals surface area contributed by atoms with Crippen LogP contribution in [0, 0.1) is 0 Å². The third-order valence-corrected chi connectivity index (χ3v) is 2.82. The van der Waals surface area contributed by atoms with Crippen LogP contribution in [0.4, 0.5) is 11.4 Å². The molecule has 18 heavy (non-hydrogen) atoms. The van der Waals surface area contributed by atoms with E-state index < -0.39 is 0 Å². The van der Waals surface area contributed by atoms with E-state index in [0.717, 1.165) is 22.1 Å². The summed E-state index contributed by atoms with van der Waals surface area (Å²) in [6, 6.07) is 15.2. The van der Waals surface area contributed by atoms with Gasteiger partial charge in [-0.2, -0.15) is 0 Å². The van der Waals surface area contributed by atoms with E-state index in [-0.39, 0.29) is 5.75 Å². The molecule has 0 saturated carbocycles. The highest BCUT2D eigenvalue weighted by Gasteiger charge is 2.01. The van der Waals surface area contributed by atoms with E-state index in [2.05, 4.69) is 10.3 Å². The van der Waals surface area contributed by atoms with E-state index >= 15 is 0 Å². The largest absolute Gasteiger partial charge is 0.508 e. The van der Waals surface area contributed by atoms with Crippen LogP contribution >= 0.6 is 0 Å². The van der Waals surface area contributed by atoms with Crippen LogP contribution in [0.15, 0.2) is 60.9 Å². The number of anilines is 2. The van der Waals surface area contributed by atoms with E-state index in [1.165, 1.54) is 0 Å². The molecule has 0 aliphatic rings. The molecule has 3 aromatic rings. The molecular formula is C15H12N2O. The summed E-state index contributed by atoms with van der Waals surface area (Å²) < 4.78 is 0. The lowest BCUT2D eigenvalue weighted by atomic mass is 10.1. The van der Waals surface area contributed by atoms with E-state index in [9.17, 15) is 5.11 Å². The predicted molar refractivity (Wildman–Crippen MR) is 73.1 cm³/mol. The Morgan fingerprint density at radius 2 is 1.78 bits per heavy atom. The fraction of sp³-hybridized carbons (Fsp3) is 0. The van der Waals surface area contributed by atoms with Gasteiger partial charge in [-0.15, -0.1) is 0 Å². The zero-order valence-corrected chi connectivity index (χ0v) is 9.67. The number of nitrogens with one attached hydrogen (secondary N) is 1. The van der Waals surface area contributed by atoms with Crippen molar-refractivity contribution >= 4 is 22.1 Å². The van der Waals surface area contributed by atoms with Gasteiger partial charge in [-0.3, -0.25) is 4.98 Å². The lowest BCUT2D eigenvalue weighted by Crippen LogP contribution is -1.91. The maximum atomic E-state index is 9.48. The van der Waals surface area contributed by atoms with Gasteiger partial charge < -0.3 is 10.4 Å². The Hall–Kier alpha value is -2.55. The topological polar surface area (TPSA) is 45.1 Å². The number of phenols is 1. The molecule has 2 aromatic carbocycles. The Bertz CT molecular complexity index is 680. The highest BCUT2D eigenvalue weighted by molar-refractivity contribution is 5.96. The Balaban J connectivity index is 2.07. The van der Waals surface area contributed by atoms with Crippen molar-refractivity contribution in [3.05, 3.63) is 60.9 Å². The van der Waals surface area contributed by atoms with Gasteiger partial charge in [0.1, 0.15) is 5.75 Å². The lowest BCUT2D eigenvalue weighted by molar-refractivity contribution is 0.476. The third-order valence-electron chi connectivity index (χ3n) is 2.82. The van der Waals surface area contributed by atoms with Gasteiger partial charge in [0.05, 0.1) is 0 Å². The van der Waals surface area contributed by atoms with Crippen LogP contribution in [0.2, 0.25) is 0 Å². The molecule has 3 rings (SSSR count). The highest BCUT2D eigenvalue weighted by Crippen LogP contribution is 2.28. The van der Waals surface area contributed by atoms with Gasteiger partial charge in [0.15, 0.2) is 0 Å². The van der Waals surface area contributed by atoms with E-state index in [1.54, 1.807) is 24.5 Å². The first-order valence-corrected chi connectivity index (χ1v) is 5.72. The summed E-state index contributed by atoms with van der Waals surface area (Å²) in [6.07, 6.45) is 3.50. The molecule has 2 N–H and O–H groups in total. The SMILES string of the molecule is Oc1ccc2c(Nc3ccncc3)cccc2c1. The fourth-order valence-electron chi connectivity index (χ4n) is 1.97. The van der Waals surface area contributed by atoms with Crippen LogP contribution in [0.5, 0.6) is 5.75 Å². The summed E-state index contributed by atoms with van der Waals surface area (Å²) in [4.78, 5) is 3.99. The second kappa shape index (κ2) is 4.37. The van der Waals surface area contributed by atoms with Gasteiger partial charge in [0, 0.05) is 29.2 Å². The quantitative estimate of drug-likeness (QED) is 0.713. The smallest absolute Gasteiger partial charge is 0.116 e. The summed E-state index contributed by atoms with van der Waals surface area (Å²) >= 11 is 0. The van der Waals surface area contributed by atoms with Crippen molar-refractivity contribution in [2.45, 2.75) is 0 Å². The number of pyridine rings is 1. The Morgan fingerprint density at radius 1 is 0.944 bits per heavy atom. The maximum Gasteiger partial charge on any atom is 0.116 e. The number of fused-ring (bicyclic) bond motifs is 1. The third kappa shape index (κ3) is 1.98. The second-order valence-corrected chi connectivity index (χ2v) is 4.07. The van der Waals surface area contributed by atoms with Crippen molar-refractivity contribution in [2.75, 3.05) is 5.32 Å². The van der Waals surface area contributed by atoms with Crippen LogP contribution in [-0.4, -0.2) is 10.1 Å². The van der Waals surface area contributed by atoms with Gasteiger partial charge in [-0.05, 0) is 41.8 Å². The molecule has 0 radical (unpaired) electrons. The van der Waals surface area contributed by atoms with Crippen molar-refractivity contribution in [2.24, 2.45) is 0 Å². The monoisotopic (exact) mass is 236 g/mol. The number of rotatable bonds is 2. The molecule has 3 nitrogen and oxygen atoms in total. The number of aromatic hydroxyl groups is 1. The molecule has 0 fully saturated rings. The molecule has 0 saturated heterocycles. The van der Waals surface area contributed by atoms with Crippen LogP contribution in [0.25, 0.3) is 10.8 Å². The van der Waals surface area contributed by atoms with Crippen LogP contribution in [0.3, 0.4) is 0 Å². The molecule has 0 aliphatic carbocycles. The van der Waals surface area contributed by atoms with Crippen LogP contribution < -0.4 is 5.32 Å². The van der Waals surface area contributed by atoms with Crippen LogP contribution in [0.1, 0.15) is 0 Å². The molecule has 0 unspecified atom stereocenters. The van der Waals surface area contributed by atoms with Crippen LogP contribution in [-0.2, 0) is 0 Å². The Labute approximate surface area is 105 Å². The van der Waals surface area contributed by atoms with E-state index in [0.29, 0.717) is 0 Å². The van der Waals surface area contributed by atoms with E-state index in [4.69, 9.17) is 0 Å². The molecule has 88 valence electrons. The fourth-order valence-corrected chi connectivity index (χ4v) is 1.97. The minimum atomic E-state index is 0.281. The number of aromatic nitrogens is 1. The Kier molecular flexibility index (Phi) is 2.57. The van der Waals surface area contributed by atoms with Crippen molar-refractivity contribution in [3.8, 4) is 5.75 Å². The number of benzene rings is 2. The van der Waals surface area contributed by atoms with Gasteiger partial charge in [-0.25, -0.2) is 0 Å². The highest BCUT2D eigenvalue weighted by atomic mass is 16.3. The summed E-state index contributed by atoms with van der Waals surface area (Å²) in [5.74, 6) is 0.281. The van der Waals surface area contributed by atoms with Gasteiger partial charge in [-0.1, -0.05) is 12.1 Å². The second-order valence-electron chi connectivity index (χ2n) is 4.07. The number of nitrogens with zero attached hydrogens (tertiary/aromatic N) is 1. The average molecular weight is 236 g/mol. The molecule has 1 heterocycles. The first kappa shape index (κ1) is 10.6. The first-order chi connectivity index (χ1) is 8.83. The average Bonchev–Trinajstić information content (AvgIpc) is 2.40. The van der Waals surface area contributed by atoms with Crippen molar-refractivity contribution in [3.63, 3.8) is 0 Å². The van der Waals surface area contributed by atoms with Gasteiger partial charge in [0.2, 0.25) is 0 Å².